The molecule has 1 rings (SSSR count). The number of amides is 1. The van der Waals surface area contributed by atoms with E-state index in [4.69, 9.17) is 11.6 Å². The lowest BCUT2D eigenvalue weighted by molar-refractivity contribution is 0.0949. The van der Waals surface area contributed by atoms with Gasteiger partial charge >= 0.3 is 0 Å². The van der Waals surface area contributed by atoms with E-state index in [1.165, 1.54) is 12.1 Å². The van der Waals surface area contributed by atoms with Crippen LogP contribution in [0, 0.1) is 0 Å². The van der Waals surface area contributed by atoms with Gasteiger partial charge in [0, 0.05) is 11.3 Å². The second-order valence-corrected chi connectivity index (χ2v) is 2.40. The largest absolute Gasteiger partial charge is 0.398 e. The van der Waals surface area contributed by atoms with Crippen LogP contribution in [0.4, 0.5) is 5.69 Å². The van der Waals surface area contributed by atoms with E-state index in [0.29, 0.717) is 6.29 Å². The Morgan fingerprint density at radius 1 is 1.46 bits per heavy atom. The number of rotatable bonds is 2. The van der Waals surface area contributed by atoms with Crippen molar-refractivity contribution in [3.63, 3.8) is 0 Å². The molecule has 0 radical (unpaired) electrons. The van der Waals surface area contributed by atoms with Gasteiger partial charge in [-0.25, -0.2) is 5.84 Å². The van der Waals surface area contributed by atoms with Crippen LogP contribution in [-0.2, 0) is 0 Å². The van der Waals surface area contributed by atoms with Crippen LogP contribution in [0.1, 0.15) is 20.7 Å². The van der Waals surface area contributed by atoms with Crippen LogP contribution in [0.3, 0.4) is 0 Å². The van der Waals surface area contributed by atoms with E-state index in [0.717, 1.165) is 0 Å². The van der Waals surface area contributed by atoms with Gasteiger partial charge in [0.25, 0.3) is 5.91 Å². The molecule has 0 unspecified atom stereocenters. The molecular weight excluding hydrogens is 170 g/mol. The number of carbonyl (C=O) groups is 2. The SMILES string of the molecule is NNC(=O)c1c(N)cccc1C=O. The van der Waals surface area contributed by atoms with Gasteiger partial charge in [0.05, 0.1) is 5.56 Å². The van der Waals surface area contributed by atoms with Crippen LogP contribution in [0.2, 0.25) is 0 Å². The van der Waals surface area contributed by atoms with Crippen LogP contribution in [0.15, 0.2) is 18.2 Å². The van der Waals surface area contributed by atoms with Crippen molar-refractivity contribution in [3.05, 3.63) is 29.3 Å². The molecule has 0 heterocycles. The zero-order valence-corrected chi connectivity index (χ0v) is 6.78. The lowest BCUT2D eigenvalue weighted by atomic mass is 10.1. The number of nitrogens with one attached hydrogen (secondary N) is 1. The molecular formula is C8H9N3O2. The first kappa shape index (κ1) is 9.21. The van der Waals surface area contributed by atoms with Gasteiger partial charge in [0.2, 0.25) is 0 Å². The maximum Gasteiger partial charge on any atom is 0.267 e. The molecule has 0 bridgehead atoms. The number of carbonyl (C=O) groups excluding carboxylic acids is 2. The molecule has 0 aromatic heterocycles. The monoisotopic (exact) mass is 179 g/mol. The number of hydrogen-bond donors (Lipinski definition) is 3. The Kier molecular flexibility index (Phi) is 2.61. The van der Waals surface area contributed by atoms with E-state index in [1.807, 2.05) is 5.43 Å². The van der Waals surface area contributed by atoms with Gasteiger partial charge in [-0.1, -0.05) is 12.1 Å². The topological polar surface area (TPSA) is 98.2 Å². The number of nitrogen functional groups attached to an aromatic ring is 2. The minimum absolute atomic E-state index is 0.111. The van der Waals surface area contributed by atoms with Gasteiger partial charge in [-0.2, -0.15) is 0 Å². The van der Waals surface area contributed by atoms with Crippen LogP contribution in [0.25, 0.3) is 0 Å². The summed E-state index contributed by atoms with van der Waals surface area (Å²) < 4.78 is 0. The molecule has 0 saturated carbocycles. The van der Waals surface area contributed by atoms with E-state index in [-0.39, 0.29) is 16.8 Å². The van der Waals surface area contributed by atoms with Crippen molar-refractivity contribution >= 4 is 17.9 Å². The normalized spacial score (nSPS) is 9.31. The predicted molar refractivity (Wildman–Crippen MR) is 47.9 cm³/mol. The summed E-state index contributed by atoms with van der Waals surface area (Å²) in [4.78, 5) is 21.7. The summed E-state index contributed by atoms with van der Waals surface area (Å²) >= 11 is 0. The molecule has 13 heavy (non-hydrogen) atoms. The molecule has 0 saturated heterocycles. The molecule has 5 N–H and O–H groups in total. The molecule has 0 aliphatic heterocycles. The Bertz CT molecular complexity index is 349. The Labute approximate surface area is 74.7 Å². The zero-order valence-electron chi connectivity index (χ0n) is 6.78. The van der Waals surface area contributed by atoms with Gasteiger partial charge < -0.3 is 5.73 Å². The summed E-state index contributed by atoms with van der Waals surface area (Å²) in [6, 6.07) is 4.61. The summed E-state index contributed by atoms with van der Waals surface area (Å²) in [6.45, 7) is 0. The highest BCUT2D eigenvalue weighted by Crippen LogP contribution is 2.14. The second kappa shape index (κ2) is 3.68. The molecule has 0 atom stereocenters. The molecule has 1 aromatic rings. The lowest BCUT2D eigenvalue weighted by Crippen LogP contribution is -2.31. The van der Waals surface area contributed by atoms with Crippen molar-refractivity contribution in [2.45, 2.75) is 0 Å². The Morgan fingerprint density at radius 3 is 2.69 bits per heavy atom. The van der Waals surface area contributed by atoms with Gasteiger partial charge in [-0.3, -0.25) is 15.0 Å². The predicted octanol–water partition coefficient (Wildman–Crippen LogP) is -0.315. The Morgan fingerprint density at radius 2 is 2.15 bits per heavy atom. The molecule has 0 spiro atoms. The standard InChI is InChI=1S/C8H9N3O2/c9-6-3-1-2-5(4-12)7(6)8(13)11-10/h1-4H,9-10H2,(H,11,13). The minimum Gasteiger partial charge on any atom is -0.398 e. The maximum absolute atomic E-state index is 11.1. The summed E-state index contributed by atoms with van der Waals surface area (Å²) in [6.07, 6.45) is 0.556. The molecule has 1 amide bonds. The number of benzene rings is 1. The lowest BCUT2D eigenvalue weighted by Gasteiger charge is -2.05. The van der Waals surface area contributed by atoms with Gasteiger partial charge in [-0.15, -0.1) is 0 Å². The van der Waals surface area contributed by atoms with Crippen LogP contribution in [-0.4, -0.2) is 12.2 Å². The fourth-order valence-electron chi connectivity index (χ4n) is 1.02. The molecule has 5 nitrogen and oxygen atoms in total. The van der Waals surface area contributed by atoms with Gasteiger partial charge in [-0.05, 0) is 6.07 Å². The van der Waals surface area contributed by atoms with Crippen molar-refractivity contribution in [1.29, 1.82) is 0 Å². The average Bonchev–Trinajstić information content (AvgIpc) is 2.16. The summed E-state index contributed by atoms with van der Waals surface area (Å²) in [5.74, 6) is 4.36. The van der Waals surface area contributed by atoms with Crippen molar-refractivity contribution in [1.82, 2.24) is 5.43 Å². The highest BCUT2D eigenvalue weighted by molar-refractivity contribution is 6.05. The van der Waals surface area contributed by atoms with Crippen LogP contribution in [0.5, 0.6) is 0 Å². The first-order valence-electron chi connectivity index (χ1n) is 3.55. The minimum atomic E-state index is -0.569. The summed E-state index contributed by atoms with van der Waals surface area (Å²) in [7, 11) is 0. The Balaban J connectivity index is 3.30. The van der Waals surface area contributed by atoms with E-state index in [9.17, 15) is 9.59 Å². The van der Waals surface area contributed by atoms with Crippen molar-refractivity contribution in [3.8, 4) is 0 Å². The molecule has 0 fully saturated rings. The smallest absolute Gasteiger partial charge is 0.267 e. The third-order valence-corrected chi connectivity index (χ3v) is 1.61. The van der Waals surface area contributed by atoms with E-state index < -0.39 is 5.91 Å². The molecule has 1 aromatic carbocycles. The number of aldehydes is 1. The summed E-state index contributed by atoms with van der Waals surface area (Å²) in [5.41, 5.74) is 7.98. The average molecular weight is 179 g/mol. The Hall–Kier alpha value is -1.88. The van der Waals surface area contributed by atoms with Gasteiger partial charge in [0.15, 0.2) is 6.29 Å². The first-order chi connectivity index (χ1) is 6.20. The van der Waals surface area contributed by atoms with Crippen molar-refractivity contribution in [2.24, 2.45) is 5.84 Å². The number of hydrazine groups is 1. The zero-order chi connectivity index (χ0) is 9.84. The highest BCUT2D eigenvalue weighted by atomic mass is 16.2. The summed E-state index contributed by atoms with van der Waals surface area (Å²) in [5, 5.41) is 0. The molecule has 0 aliphatic carbocycles. The molecule has 5 heteroatoms. The first-order valence-corrected chi connectivity index (χ1v) is 3.55. The highest BCUT2D eigenvalue weighted by Gasteiger charge is 2.12. The third kappa shape index (κ3) is 1.65. The second-order valence-electron chi connectivity index (χ2n) is 2.40. The number of nitrogens with two attached hydrogens (primary N) is 2. The fourth-order valence-corrected chi connectivity index (χ4v) is 1.02. The van der Waals surface area contributed by atoms with Crippen molar-refractivity contribution < 1.29 is 9.59 Å². The van der Waals surface area contributed by atoms with E-state index >= 15 is 0 Å². The van der Waals surface area contributed by atoms with E-state index in [2.05, 4.69) is 0 Å². The number of hydrogen-bond acceptors (Lipinski definition) is 4. The maximum atomic E-state index is 11.1. The van der Waals surface area contributed by atoms with E-state index in [1.54, 1.807) is 6.07 Å². The fraction of sp³-hybridized carbons (Fsp3) is 0. The van der Waals surface area contributed by atoms with Gasteiger partial charge in [0.1, 0.15) is 0 Å². The molecule has 0 aliphatic rings. The van der Waals surface area contributed by atoms with Crippen LogP contribution >= 0.6 is 0 Å². The number of anilines is 1. The molecule has 68 valence electrons. The quantitative estimate of drug-likeness (QED) is 0.190. The third-order valence-electron chi connectivity index (χ3n) is 1.61. The van der Waals surface area contributed by atoms with Crippen molar-refractivity contribution in [2.75, 3.05) is 5.73 Å². The van der Waals surface area contributed by atoms with Crippen LogP contribution < -0.4 is 17.0 Å².